The number of cyclic esters (lactones) is 1. The van der Waals surface area contributed by atoms with Crippen molar-refractivity contribution in [3.05, 3.63) is 51.7 Å². The first-order valence-corrected chi connectivity index (χ1v) is 15.5. The fraction of sp³-hybridized carbons (Fsp3) is 0.533. The summed E-state index contributed by atoms with van der Waals surface area (Å²) in [5.74, 6) is -0.125. The van der Waals surface area contributed by atoms with Gasteiger partial charge in [-0.15, -0.1) is 11.3 Å². The van der Waals surface area contributed by atoms with Crippen LogP contribution in [0.5, 0.6) is 0 Å². The lowest BCUT2D eigenvalue weighted by Gasteiger charge is -2.34. The maximum atomic E-state index is 13.3. The molecule has 0 N–H and O–H groups in total. The molecule has 3 aliphatic heterocycles. The summed E-state index contributed by atoms with van der Waals surface area (Å²) in [7, 11) is 0. The van der Waals surface area contributed by atoms with Crippen LogP contribution in [-0.2, 0) is 27.4 Å². The quantitative estimate of drug-likeness (QED) is 0.220. The number of fused-ring (bicyclic) bond motifs is 1. The molecule has 0 aliphatic carbocycles. The lowest BCUT2D eigenvalue weighted by atomic mass is 10.0. The topological polar surface area (TPSA) is 73.4 Å². The molecule has 2 aromatic rings. The highest BCUT2D eigenvalue weighted by atomic mass is 32.1. The van der Waals surface area contributed by atoms with Crippen LogP contribution in [0.4, 0.5) is 5.69 Å². The first-order chi connectivity index (χ1) is 19.3. The molecular formula is C30H38N4O4S2. The molecule has 1 aromatic heterocycles. The Morgan fingerprint density at radius 1 is 1.00 bits per heavy atom. The molecule has 1 aromatic carbocycles. The second-order valence-corrected chi connectivity index (χ2v) is 12.7. The van der Waals surface area contributed by atoms with Gasteiger partial charge in [0.25, 0.3) is 5.91 Å². The van der Waals surface area contributed by atoms with E-state index < -0.39 is 5.54 Å². The third-order valence-electron chi connectivity index (χ3n) is 8.24. The fourth-order valence-electron chi connectivity index (χ4n) is 5.73. The second kappa shape index (κ2) is 12.4. The van der Waals surface area contributed by atoms with E-state index in [-0.39, 0.29) is 24.4 Å². The van der Waals surface area contributed by atoms with Gasteiger partial charge in [0.1, 0.15) is 12.1 Å². The third-order valence-corrected chi connectivity index (χ3v) is 9.52. The van der Waals surface area contributed by atoms with Gasteiger partial charge in [-0.2, -0.15) is 0 Å². The number of rotatable bonds is 11. The van der Waals surface area contributed by atoms with Crippen LogP contribution in [0.1, 0.15) is 66.8 Å². The molecule has 40 heavy (non-hydrogen) atoms. The van der Waals surface area contributed by atoms with E-state index in [1.54, 1.807) is 28.4 Å². The molecule has 0 unspecified atom stereocenters. The normalized spacial score (nSPS) is 18.9. The summed E-state index contributed by atoms with van der Waals surface area (Å²) in [5.41, 5.74) is 1.32. The number of thiophene rings is 1. The Kier molecular flexibility index (Phi) is 8.87. The average molecular weight is 583 g/mol. The van der Waals surface area contributed by atoms with E-state index in [9.17, 15) is 14.4 Å². The zero-order valence-corrected chi connectivity index (χ0v) is 25.0. The van der Waals surface area contributed by atoms with Crippen LogP contribution in [0, 0.1) is 0 Å². The number of piperazine rings is 1. The Hall–Kier alpha value is -2.82. The highest BCUT2D eigenvalue weighted by Crippen LogP contribution is 2.34. The Morgan fingerprint density at radius 2 is 1.73 bits per heavy atom. The van der Waals surface area contributed by atoms with Crippen LogP contribution in [0.15, 0.2) is 35.7 Å². The molecule has 214 valence electrons. The van der Waals surface area contributed by atoms with E-state index in [1.165, 1.54) is 6.42 Å². The Balaban J connectivity index is 0.999. The summed E-state index contributed by atoms with van der Waals surface area (Å²) >= 11 is 7.42. The summed E-state index contributed by atoms with van der Waals surface area (Å²) in [5, 5.41) is 2.54. The number of anilines is 1. The molecule has 3 aliphatic rings. The monoisotopic (exact) mass is 582 g/mol. The molecular weight excluding hydrogens is 544 g/mol. The van der Waals surface area contributed by atoms with Crippen molar-refractivity contribution in [2.75, 3.05) is 44.2 Å². The summed E-state index contributed by atoms with van der Waals surface area (Å²) in [6, 6.07) is 9.37. The SMILES string of the molecule is CC1(C)C(=O)N(c2ccc3c(c2)COC3=O)C(=S)N1CCCCCCCN1CCN(C(=O)Cc2cccs2)CC1. The van der Waals surface area contributed by atoms with Crippen LogP contribution >= 0.6 is 23.6 Å². The van der Waals surface area contributed by atoms with Crippen LogP contribution < -0.4 is 4.90 Å². The van der Waals surface area contributed by atoms with Crippen LogP contribution in [0.3, 0.4) is 0 Å². The van der Waals surface area contributed by atoms with Crippen LogP contribution in [-0.4, -0.2) is 82.4 Å². The molecule has 0 radical (unpaired) electrons. The van der Waals surface area contributed by atoms with Crippen molar-refractivity contribution in [2.24, 2.45) is 0 Å². The molecule has 0 spiro atoms. The predicted molar refractivity (Wildman–Crippen MR) is 161 cm³/mol. The third kappa shape index (κ3) is 6.09. The van der Waals surface area contributed by atoms with Crippen molar-refractivity contribution in [1.82, 2.24) is 14.7 Å². The number of carbonyl (C=O) groups excluding carboxylic acids is 3. The highest BCUT2D eigenvalue weighted by Gasteiger charge is 2.49. The molecule has 0 bridgehead atoms. The lowest BCUT2D eigenvalue weighted by molar-refractivity contribution is -0.132. The zero-order chi connectivity index (χ0) is 28.3. The molecule has 0 atom stereocenters. The second-order valence-electron chi connectivity index (χ2n) is 11.3. The summed E-state index contributed by atoms with van der Waals surface area (Å²) in [6.07, 6.45) is 6.07. The standard InChI is InChI=1S/C30H38N4O4S2/c1-30(2)28(37)34(23-10-11-25-22(19-23)21-38-27(25)36)29(39)33(30)13-7-5-3-4-6-12-31-14-16-32(17-15-31)26(35)20-24-9-8-18-40-24/h8-11,18-19H,3-7,12-17,20-21H2,1-2H3. The minimum Gasteiger partial charge on any atom is -0.457 e. The molecule has 2 saturated heterocycles. The van der Waals surface area contributed by atoms with Crippen molar-refractivity contribution >= 4 is 52.1 Å². The van der Waals surface area contributed by atoms with Crippen LogP contribution in [0.25, 0.3) is 0 Å². The first kappa shape index (κ1) is 28.7. The average Bonchev–Trinajstić information content (AvgIpc) is 3.63. The van der Waals surface area contributed by atoms with E-state index in [2.05, 4.69) is 4.90 Å². The number of hydrogen-bond acceptors (Lipinski definition) is 7. The number of amides is 2. The van der Waals surface area contributed by atoms with Gasteiger partial charge in [-0.25, -0.2) is 4.79 Å². The molecule has 5 rings (SSSR count). The number of nitrogens with zero attached hydrogens (tertiary/aromatic N) is 4. The van der Waals surface area contributed by atoms with E-state index in [0.29, 0.717) is 22.8 Å². The maximum Gasteiger partial charge on any atom is 0.338 e. The fourth-order valence-corrected chi connectivity index (χ4v) is 6.93. The number of carbonyl (C=O) groups is 3. The van der Waals surface area contributed by atoms with E-state index in [0.717, 1.165) is 75.4 Å². The summed E-state index contributed by atoms with van der Waals surface area (Å²) < 4.78 is 5.11. The molecule has 8 nitrogen and oxygen atoms in total. The van der Waals surface area contributed by atoms with Crippen molar-refractivity contribution in [2.45, 2.75) is 64.5 Å². The number of thiocarbonyl (C=S) groups is 1. The number of ether oxygens (including phenoxy) is 1. The zero-order valence-electron chi connectivity index (χ0n) is 23.4. The number of unbranched alkanes of at least 4 members (excludes halogenated alkanes) is 4. The maximum absolute atomic E-state index is 13.3. The lowest BCUT2D eigenvalue weighted by Crippen LogP contribution is -2.49. The molecule has 0 saturated carbocycles. The molecule has 2 fully saturated rings. The Bertz CT molecular complexity index is 1250. The Morgan fingerprint density at radius 3 is 2.45 bits per heavy atom. The van der Waals surface area contributed by atoms with E-state index in [1.807, 2.05) is 47.2 Å². The van der Waals surface area contributed by atoms with Gasteiger partial charge in [0.2, 0.25) is 5.91 Å². The van der Waals surface area contributed by atoms with Crippen molar-refractivity contribution in [1.29, 1.82) is 0 Å². The molecule has 10 heteroatoms. The van der Waals surface area contributed by atoms with Gasteiger partial charge in [-0.05, 0) is 75.1 Å². The van der Waals surface area contributed by atoms with Crippen molar-refractivity contribution < 1.29 is 19.1 Å². The molecule has 2 amide bonds. The number of esters is 1. The summed E-state index contributed by atoms with van der Waals surface area (Å²) in [4.78, 5) is 46.9. The minimum atomic E-state index is -0.713. The highest BCUT2D eigenvalue weighted by molar-refractivity contribution is 7.80. The van der Waals surface area contributed by atoms with Crippen molar-refractivity contribution in [3.8, 4) is 0 Å². The van der Waals surface area contributed by atoms with Gasteiger partial charge in [0.05, 0.1) is 17.7 Å². The van der Waals surface area contributed by atoms with Gasteiger partial charge in [-0.1, -0.05) is 25.3 Å². The first-order valence-electron chi connectivity index (χ1n) is 14.2. The largest absolute Gasteiger partial charge is 0.457 e. The van der Waals surface area contributed by atoms with Gasteiger partial charge < -0.3 is 14.5 Å². The van der Waals surface area contributed by atoms with E-state index in [4.69, 9.17) is 17.0 Å². The summed E-state index contributed by atoms with van der Waals surface area (Å²) in [6.45, 7) is 9.46. The van der Waals surface area contributed by atoms with Crippen LogP contribution in [0.2, 0.25) is 0 Å². The Labute approximate surface area is 245 Å². The van der Waals surface area contributed by atoms with Gasteiger partial charge in [0.15, 0.2) is 5.11 Å². The van der Waals surface area contributed by atoms with Gasteiger partial charge in [-0.3, -0.25) is 19.4 Å². The minimum absolute atomic E-state index is 0.0454. The number of benzene rings is 1. The smallest absolute Gasteiger partial charge is 0.338 e. The van der Waals surface area contributed by atoms with Crippen molar-refractivity contribution in [3.63, 3.8) is 0 Å². The van der Waals surface area contributed by atoms with Gasteiger partial charge >= 0.3 is 5.97 Å². The molecule has 4 heterocycles. The predicted octanol–water partition coefficient (Wildman–Crippen LogP) is 4.47. The number of hydrogen-bond donors (Lipinski definition) is 0. The van der Waals surface area contributed by atoms with E-state index >= 15 is 0 Å². The van der Waals surface area contributed by atoms with Gasteiger partial charge in [0, 0.05) is 43.2 Å².